The third-order valence-corrected chi connectivity index (χ3v) is 4.64. The van der Waals surface area contributed by atoms with Gasteiger partial charge >= 0.3 is 0 Å². The Bertz CT molecular complexity index is 463. The van der Waals surface area contributed by atoms with Crippen molar-refractivity contribution in [3.63, 3.8) is 0 Å². The molecule has 2 aliphatic rings. The van der Waals surface area contributed by atoms with Crippen molar-refractivity contribution in [2.45, 2.75) is 44.2 Å². The van der Waals surface area contributed by atoms with Gasteiger partial charge in [-0.3, -0.25) is 0 Å². The number of hydrogen-bond acceptors (Lipinski definition) is 2. The summed E-state index contributed by atoms with van der Waals surface area (Å²) in [5.74, 6) is -0.365. The summed E-state index contributed by atoms with van der Waals surface area (Å²) in [5.41, 5.74) is 0.0642. The molecule has 1 saturated heterocycles. The smallest absolute Gasteiger partial charge is 0.132 e. The van der Waals surface area contributed by atoms with Crippen LogP contribution in [0.25, 0.3) is 0 Å². The highest BCUT2D eigenvalue weighted by Crippen LogP contribution is 2.37. The van der Waals surface area contributed by atoms with Gasteiger partial charge in [-0.05, 0) is 30.9 Å². The van der Waals surface area contributed by atoms with Crippen LogP contribution in [0.5, 0.6) is 0 Å². The van der Waals surface area contributed by atoms with Gasteiger partial charge in [0.05, 0.1) is 12.2 Å². The van der Waals surface area contributed by atoms with Gasteiger partial charge in [-0.25, -0.2) is 8.78 Å². The highest BCUT2D eigenvalue weighted by molar-refractivity contribution is 5.23. The van der Waals surface area contributed by atoms with Crippen LogP contribution in [-0.4, -0.2) is 18.7 Å². The van der Waals surface area contributed by atoms with Crippen LogP contribution in [0, 0.1) is 17.6 Å². The molecule has 3 rings (SSSR count). The fourth-order valence-electron chi connectivity index (χ4n) is 3.63. The Kier molecular flexibility index (Phi) is 3.78. The summed E-state index contributed by atoms with van der Waals surface area (Å²) in [7, 11) is 0. The summed E-state index contributed by atoms with van der Waals surface area (Å²) in [5, 5.41) is 3.51. The number of morpholine rings is 1. The van der Waals surface area contributed by atoms with E-state index in [9.17, 15) is 8.78 Å². The summed E-state index contributed by atoms with van der Waals surface area (Å²) in [6.45, 7) is 3.27. The summed E-state index contributed by atoms with van der Waals surface area (Å²) in [4.78, 5) is 0. The van der Waals surface area contributed by atoms with Crippen molar-refractivity contribution >= 4 is 0 Å². The minimum atomic E-state index is -0.529. The van der Waals surface area contributed by atoms with Gasteiger partial charge in [0.1, 0.15) is 17.7 Å². The molecule has 0 amide bonds. The predicted octanol–water partition coefficient (Wildman–Crippen LogP) is 3.57. The molecular weight excluding hydrogens is 260 g/mol. The summed E-state index contributed by atoms with van der Waals surface area (Å²) in [6, 6.07) is 3.96. The van der Waals surface area contributed by atoms with E-state index in [4.69, 9.17) is 4.74 Å². The van der Waals surface area contributed by atoms with E-state index in [0.717, 1.165) is 12.8 Å². The normalized spacial score (nSPS) is 34.4. The molecule has 0 aromatic heterocycles. The lowest BCUT2D eigenvalue weighted by Crippen LogP contribution is -2.57. The van der Waals surface area contributed by atoms with E-state index in [2.05, 4.69) is 12.2 Å². The Hall–Kier alpha value is -1.00. The topological polar surface area (TPSA) is 21.3 Å². The largest absolute Gasteiger partial charge is 0.370 e. The van der Waals surface area contributed by atoms with E-state index in [1.54, 1.807) is 0 Å². The van der Waals surface area contributed by atoms with Crippen molar-refractivity contribution in [3.05, 3.63) is 35.4 Å². The molecule has 0 radical (unpaired) electrons. The van der Waals surface area contributed by atoms with Gasteiger partial charge in [-0.1, -0.05) is 25.8 Å². The van der Waals surface area contributed by atoms with E-state index in [1.807, 2.05) is 0 Å². The quantitative estimate of drug-likeness (QED) is 0.849. The van der Waals surface area contributed by atoms with E-state index < -0.39 is 17.7 Å². The minimum Gasteiger partial charge on any atom is -0.370 e. The molecule has 1 aromatic carbocycles. The third kappa shape index (κ3) is 2.59. The van der Waals surface area contributed by atoms with Crippen LogP contribution in [-0.2, 0) is 4.74 Å². The second-order valence-electron chi connectivity index (χ2n) is 6.30. The second-order valence-corrected chi connectivity index (χ2v) is 6.30. The van der Waals surface area contributed by atoms with Gasteiger partial charge in [0.15, 0.2) is 0 Å². The fourth-order valence-corrected chi connectivity index (χ4v) is 3.63. The molecular formula is C16H21F2NO. The average Bonchev–Trinajstić information content (AvgIpc) is 2.41. The number of benzene rings is 1. The number of rotatable bonds is 1. The van der Waals surface area contributed by atoms with Crippen LogP contribution in [0.1, 0.15) is 44.3 Å². The lowest BCUT2D eigenvalue weighted by atomic mass is 9.76. The Balaban J connectivity index is 1.72. The zero-order chi connectivity index (χ0) is 14.2. The molecule has 1 aromatic rings. The third-order valence-electron chi connectivity index (χ3n) is 4.64. The van der Waals surface area contributed by atoms with Crippen molar-refractivity contribution in [1.29, 1.82) is 0 Å². The Morgan fingerprint density at radius 1 is 1.30 bits per heavy atom. The standard InChI is InChI=1S/C16H21F2NO/c1-11-4-3-7-16(8-11)10-20-14(9-19-16)15-12(17)5-2-6-13(15)18/h2,5-6,11,14,19H,3-4,7-10H2,1H3. The maximum absolute atomic E-state index is 13.8. The molecule has 1 N–H and O–H groups in total. The van der Waals surface area contributed by atoms with Crippen molar-refractivity contribution in [1.82, 2.24) is 5.32 Å². The van der Waals surface area contributed by atoms with E-state index >= 15 is 0 Å². The van der Waals surface area contributed by atoms with E-state index in [-0.39, 0.29) is 11.1 Å². The molecule has 3 atom stereocenters. The monoisotopic (exact) mass is 281 g/mol. The van der Waals surface area contributed by atoms with Crippen LogP contribution in [0.3, 0.4) is 0 Å². The predicted molar refractivity (Wildman–Crippen MR) is 73.4 cm³/mol. The van der Waals surface area contributed by atoms with Crippen LogP contribution < -0.4 is 5.32 Å². The average molecular weight is 281 g/mol. The summed E-state index contributed by atoms with van der Waals surface area (Å²) < 4.78 is 33.4. The van der Waals surface area contributed by atoms with Crippen LogP contribution in [0.15, 0.2) is 18.2 Å². The number of hydrogen-bond donors (Lipinski definition) is 1. The summed E-state index contributed by atoms with van der Waals surface area (Å²) in [6.07, 6.45) is 4.09. The first-order valence-electron chi connectivity index (χ1n) is 7.40. The molecule has 1 spiro atoms. The van der Waals surface area contributed by atoms with Crippen molar-refractivity contribution in [2.24, 2.45) is 5.92 Å². The lowest BCUT2D eigenvalue weighted by molar-refractivity contribution is -0.0552. The Morgan fingerprint density at radius 3 is 2.65 bits per heavy atom. The summed E-state index contributed by atoms with van der Waals surface area (Å²) >= 11 is 0. The highest BCUT2D eigenvalue weighted by Gasteiger charge is 2.40. The van der Waals surface area contributed by atoms with Gasteiger partial charge in [0.2, 0.25) is 0 Å². The Labute approximate surface area is 118 Å². The van der Waals surface area contributed by atoms with E-state index in [1.165, 1.54) is 31.0 Å². The first-order chi connectivity index (χ1) is 9.60. The molecule has 2 fully saturated rings. The first-order valence-corrected chi connectivity index (χ1v) is 7.40. The minimum absolute atomic E-state index is 0.00982. The number of halogens is 2. The van der Waals surface area contributed by atoms with Crippen molar-refractivity contribution < 1.29 is 13.5 Å². The Morgan fingerprint density at radius 2 is 2.05 bits per heavy atom. The molecule has 1 heterocycles. The molecule has 1 saturated carbocycles. The molecule has 20 heavy (non-hydrogen) atoms. The lowest BCUT2D eigenvalue weighted by Gasteiger charge is -2.45. The van der Waals surface area contributed by atoms with Gasteiger partial charge in [-0.2, -0.15) is 0 Å². The SMILES string of the molecule is CC1CCCC2(COC(c3c(F)cccc3F)CN2)C1. The van der Waals surface area contributed by atoms with Gasteiger partial charge in [0.25, 0.3) is 0 Å². The molecule has 110 valence electrons. The van der Waals surface area contributed by atoms with Crippen LogP contribution in [0.2, 0.25) is 0 Å². The maximum Gasteiger partial charge on any atom is 0.132 e. The molecule has 1 aliphatic heterocycles. The molecule has 4 heteroatoms. The molecule has 3 unspecified atom stereocenters. The number of ether oxygens (including phenoxy) is 1. The van der Waals surface area contributed by atoms with Gasteiger partial charge in [0, 0.05) is 12.1 Å². The van der Waals surface area contributed by atoms with Gasteiger partial charge in [-0.15, -0.1) is 0 Å². The first kappa shape index (κ1) is 14.0. The molecule has 1 aliphatic carbocycles. The van der Waals surface area contributed by atoms with Crippen molar-refractivity contribution in [3.8, 4) is 0 Å². The van der Waals surface area contributed by atoms with Gasteiger partial charge < -0.3 is 10.1 Å². The number of nitrogens with one attached hydrogen (secondary N) is 1. The highest BCUT2D eigenvalue weighted by atomic mass is 19.1. The second kappa shape index (κ2) is 5.41. The zero-order valence-electron chi connectivity index (χ0n) is 11.8. The van der Waals surface area contributed by atoms with Crippen LogP contribution >= 0.6 is 0 Å². The zero-order valence-corrected chi connectivity index (χ0v) is 11.8. The maximum atomic E-state index is 13.8. The van der Waals surface area contributed by atoms with Crippen molar-refractivity contribution in [2.75, 3.05) is 13.2 Å². The van der Waals surface area contributed by atoms with Crippen LogP contribution in [0.4, 0.5) is 8.78 Å². The molecule has 2 nitrogen and oxygen atoms in total. The fraction of sp³-hybridized carbons (Fsp3) is 0.625. The molecule has 0 bridgehead atoms. The van der Waals surface area contributed by atoms with E-state index in [0.29, 0.717) is 19.1 Å².